The Morgan fingerprint density at radius 3 is 2.69 bits per heavy atom. The smallest absolute Gasteiger partial charge is 0.347 e. The minimum Gasteiger partial charge on any atom is -0.422 e. The molecule has 6 heteroatoms. The fourth-order valence-electron chi connectivity index (χ4n) is 2.53. The van der Waals surface area contributed by atoms with Crippen LogP contribution >= 0.6 is 23.1 Å². The molecule has 128 valence electrons. The molecule has 0 fully saturated rings. The van der Waals surface area contributed by atoms with E-state index >= 15 is 0 Å². The third kappa shape index (κ3) is 3.47. The summed E-state index contributed by atoms with van der Waals surface area (Å²) in [6.07, 6.45) is 0. The van der Waals surface area contributed by atoms with Crippen LogP contribution in [-0.4, -0.2) is 16.5 Å². The van der Waals surface area contributed by atoms with E-state index < -0.39 is 5.63 Å². The molecule has 0 aliphatic rings. The second-order valence-electron chi connectivity index (χ2n) is 5.56. The van der Waals surface area contributed by atoms with Crippen molar-refractivity contribution in [3.63, 3.8) is 0 Å². The second-order valence-corrected chi connectivity index (χ2v) is 7.64. The number of ketones is 1. The number of Topliss-reactive ketones (excluding diaryl/α,β-unsaturated/α-hetero) is 1. The van der Waals surface area contributed by atoms with Gasteiger partial charge in [-0.2, -0.15) is 0 Å². The van der Waals surface area contributed by atoms with Gasteiger partial charge in [0.1, 0.15) is 11.1 Å². The quantitative estimate of drug-likeness (QED) is 0.281. The predicted molar refractivity (Wildman–Crippen MR) is 105 cm³/mol. The Morgan fingerprint density at radius 2 is 1.85 bits per heavy atom. The van der Waals surface area contributed by atoms with E-state index in [1.807, 2.05) is 47.8 Å². The van der Waals surface area contributed by atoms with Gasteiger partial charge in [0.15, 0.2) is 10.1 Å². The summed E-state index contributed by atoms with van der Waals surface area (Å²) in [5.41, 5.74) is 1.89. The molecular formula is C20H13NO3S2. The van der Waals surface area contributed by atoms with Crippen molar-refractivity contribution in [1.82, 2.24) is 4.98 Å². The number of thiazole rings is 1. The topological polar surface area (TPSA) is 60.2 Å². The van der Waals surface area contributed by atoms with Gasteiger partial charge in [0, 0.05) is 16.3 Å². The molecule has 26 heavy (non-hydrogen) atoms. The summed E-state index contributed by atoms with van der Waals surface area (Å²) in [6.45, 7) is 0. The Balaban J connectivity index is 1.50. The zero-order valence-corrected chi connectivity index (χ0v) is 15.2. The second kappa shape index (κ2) is 7.27. The number of fused-ring (bicyclic) bond motifs is 1. The van der Waals surface area contributed by atoms with Crippen LogP contribution in [0.3, 0.4) is 0 Å². The van der Waals surface area contributed by atoms with Crippen LogP contribution in [0.25, 0.3) is 22.2 Å². The first-order valence-corrected chi connectivity index (χ1v) is 9.77. The molecule has 0 N–H and O–H groups in total. The average Bonchev–Trinajstić information content (AvgIpc) is 3.15. The fraction of sp³-hybridized carbons (Fsp3) is 0.0500. The lowest BCUT2D eigenvalue weighted by molar-refractivity contribution is 0.101. The molecule has 4 nitrogen and oxygen atoms in total. The Bertz CT molecular complexity index is 1130. The van der Waals surface area contributed by atoms with E-state index in [0.29, 0.717) is 5.58 Å². The number of para-hydroxylation sites is 1. The number of hydrogen-bond acceptors (Lipinski definition) is 6. The molecule has 4 rings (SSSR count). The molecule has 0 aliphatic heterocycles. The lowest BCUT2D eigenvalue weighted by Gasteiger charge is -2.01. The standard InChI is InChI=1S/C20H13NO3S2/c22-17(15-10-14-8-4-5-9-18(14)24-19(15)23)12-26-20-21-16(11-25-20)13-6-2-1-3-7-13/h1-11H,12H2. The third-order valence-electron chi connectivity index (χ3n) is 3.82. The highest BCUT2D eigenvalue weighted by atomic mass is 32.2. The number of carbonyl (C=O) groups excluding carboxylic acids is 1. The van der Waals surface area contributed by atoms with Gasteiger partial charge in [0.2, 0.25) is 0 Å². The summed E-state index contributed by atoms with van der Waals surface area (Å²) in [6, 6.07) is 18.6. The number of aromatic nitrogens is 1. The maximum absolute atomic E-state index is 12.5. The normalized spacial score (nSPS) is 10.9. The van der Waals surface area contributed by atoms with Crippen LogP contribution < -0.4 is 5.63 Å². The number of hydrogen-bond donors (Lipinski definition) is 0. The summed E-state index contributed by atoms with van der Waals surface area (Å²) in [7, 11) is 0. The zero-order chi connectivity index (χ0) is 17.9. The van der Waals surface area contributed by atoms with E-state index in [4.69, 9.17) is 4.42 Å². The van der Waals surface area contributed by atoms with Gasteiger partial charge in [-0.15, -0.1) is 11.3 Å². The molecule has 4 aromatic rings. The third-order valence-corrected chi connectivity index (χ3v) is 5.84. The Hall–Kier alpha value is -2.70. The van der Waals surface area contributed by atoms with Gasteiger partial charge in [-0.3, -0.25) is 4.79 Å². The van der Waals surface area contributed by atoms with Gasteiger partial charge < -0.3 is 4.42 Å². The van der Waals surface area contributed by atoms with Gasteiger partial charge in [0.25, 0.3) is 0 Å². The van der Waals surface area contributed by atoms with Crippen molar-refractivity contribution in [2.45, 2.75) is 4.34 Å². The number of benzene rings is 2. The highest BCUT2D eigenvalue weighted by Gasteiger charge is 2.15. The van der Waals surface area contributed by atoms with Crippen molar-refractivity contribution in [2.75, 3.05) is 5.75 Å². The van der Waals surface area contributed by atoms with Gasteiger partial charge in [-0.1, -0.05) is 60.3 Å². The molecule has 2 heterocycles. The van der Waals surface area contributed by atoms with E-state index in [1.54, 1.807) is 18.2 Å². The van der Waals surface area contributed by atoms with E-state index in [1.165, 1.54) is 23.1 Å². The van der Waals surface area contributed by atoms with E-state index in [2.05, 4.69) is 4.98 Å². The van der Waals surface area contributed by atoms with Gasteiger partial charge in [0.05, 0.1) is 11.4 Å². The molecule has 0 radical (unpaired) electrons. The number of rotatable bonds is 5. The van der Waals surface area contributed by atoms with Crippen LogP contribution in [0, 0.1) is 0 Å². The highest BCUT2D eigenvalue weighted by molar-refractivity contribution is 8.01. The maximum atomic E-state index is 12.5. The van der Waals surface area contributed by atoms with Crippen LogP contribution in [0.5, 0.6) is 0 Å². The molecule has 0 spiro atoms. The highest BCUT2D eigenvalue weighted by Crippen LogP contribution is 2.28. The van der Waals surface area contributed by atoms with Gasteiger partial charge in [-0.05, 0) is 12.1 Å². The lowest BCUT2D eigenvalue weighted by Crippen LogP contribution is -2.15. The minimum atomic E-state index is -0.599. The van der Waals surface area contributed by atoms with E-state index in [0.717, 1.165) is 21.0 Å². The van der Waals surface area contributed by atoms with E-state index in [9.17, 15) is 9.59 Å². The van der Waals surface area contributed by atoms with Crippen molar-refractivity contribution in [2.24, 2.45) is 0 Å². The first-order valence-electron chi connectivity index (χ1n) is 7.90. The number of carbonyl (C=O) groups is 1. The van der Waals surface area contributed by atoms with Gasteiger partial charge in [-0.25, -0.2) is 9.78 Å². The van der Waals surface area contributed by atoms with Crippen LogP contribution in [0.15, 0.2) is 79.6 Å². The average molecular weight is 379 g/mol. The predicted octanol–water partition coefficient (Wildman–Crippen LogP) is 4.89. The largest absolute Gasteiger partial charge is 0.422 e. The van der Waals surface area contributed by atoms with Crippen molar-refractivity contribution in [3.8, 4) is 11.3 Å². The molecule has 0 unspecified atom stereocenters. The Labute approximate surface area is 157 Å². The molecule has 0 bridgehead atoms. The minimum absolute atomic E-state index is 0.0797. The van der Waals surface area contributed by atoms with Crippen LogP contribution in [0.4, 0.5) is 0 Å². The SMILES string of the molecule is O=C(CSc1nc(-c2ccccc2)cs1)c1cc2ccccc2oc1=O. The Kier molecular flexibility index (Phi) is 4.69. The van der Waals surface area contributed by atoms with Crippen LogP contribution in [0.2, 0.25) is 0 Å². The fourth-order valence-corrected chi connectivity index (χ4v) is 4.24. The molecule has 0 saturated heterocycles. The monoisotopic (exact) mass is 379 g/mol. The maximum Gasteiger partial charge on any atom is 0.347 e. The van der Waals surface area contributed by atoms with Crippen LogP contribution in [-0.2, 0) is 0 Å². The first kappa shape index (κ1) is 16.8. The Morgan fingerprint density at radius 1 is 1.08 bits per heavy atom. The number of nitrogens with zero attached hydrogens (tertiary/aromatic N) is 1. The lowest BCUT2D eigenvalue weighted by atomic mass is 10.1. The summed E-state index contributed by atoms with van der Waals surface area (Å²) < 4.78 is 6.02. The van der Waals surface area contributed by atoms with Crippen molar-refractivity contribution in [1.29, 1.82) is 0 Å². The van der Waals surface area contributed by atoms with Crippen molar-refractivity contribution < 1.29 is 9.21 Å². The van der Waals surface area contributed by atoms with Crippen molar-refractivity contribution in [3.05, 3.63) is 82.0 Å². The van der Waals surface area contributed by atoms with Gasteiger partial charge >= 0.3 is 5.63 Å². The van der Waals surface area contributed by atoms with E-state index in [-0.39, 0.29) is 17.1 Å². The van der Waals surface area contributed by atoms with Crippen LogP contribution in [0.1, 0.15) is 10.4 Å². The van der Waals surface area contributed by atoms with Crippen molar-refractivity contribution >= 4 is 39.9 Å². The summed E-state index contributed by atoms with van der Waals surface area (Å²) in [5.74, 6) is -0.115. The molecule has 0 saturated carbocycles. The zero-order valence-electron chi connectivity index (χ0n) is 13.5. The molecule has 0 amide bonds. The molecule has 0 atom stereocenters. The number of thioether (sulfide) groups is 1. The first-order chi connectivity index (χ1) is 12.7. The summed E-state index contributed by atoms with van der Waals surface area (Å²) in [5, 5.41) is 2.70. The molecule has 0 aliphatic carbocycles. The summed E-state index contributed by atoms with van der Waals surface area (Å²) in [4.78, 5) is 29.1. The molecule has 2 aromatic carbocycles. The molecule has 2 aromatic heterocycles. The summed E-state index contributed by atoms with van der Waals surface area (Å²) >= 11 is 2.82. The molecular weight excluding hydrogens is 366 g/mol.